The quantitative estimate of drug-likeness (QED) is 0.380. The molecule has 0 aliphatic heterocycles. The van der Waals surface area contributed by atoms with Crippen molar-refractivity contribution in [3.8, 4) is 5.75 Å². The Labute approximate surface area is 147 Å². The van der Waals surface area contributed by atoms with Crippen molar-refractivity contribution in [1.29, 1.82) is 0 Å². The number of benzene rings is 2. The summed E-state index contributed by atoms with van der Waals surface area (Å²) in [4.78, 5) is 19.3. The van der Waals surface area contributed by atoms with Crippen LogP contribution in [0.1, 0.15) is 28.0 Å². The Hall–Kier alpha value is -3.14. The van der Waals surface area contributed by atoms with Crippen molar-refractivity contribution in [3.05, 3.63) is 90.0 Å². The number of nitrogens with one attached hydrogen (secondary N) is 1. The molecule has 126 valence electrons. The maximum atomic E-state index is 12.2. The summed E-state index contributed by atoms with van der Waals surface area (Å²) in [6.45, 7) is 0.619. The third kappa shape index (κ3) is 5.18. The van der Waals surface area contributed by atoms with Crippen LogP contribution in [0.2, 0.25) is 0 Å². The molecule has 0 fully saturated rings. The van der Waals surface area contributed by atoms with Crippen molar-refractivity contribution in [2.75, 3.05) is 6.61 Å². The van der Waals surface area contributed by atoms with Crippen molar-refractivity contribution in [3.63, 3.8) is 0 Å². The molecule has 0 unspecified atom stereocenters. The molecule has 25 heavy (non-hydrogen) atoms. The molecule has 0 spiro atoms. The van der Waals surface area contributed by atoms with E-state index in [-0.39, 0.29) is 5.78 Å². The van der Waals surface area contributed by atoms with Gasteiger partial charge in [-0.1, -0.05) is 36.4 Å². The number of carbonyl (C=O) groups is 1. The number of aromatic nitrogens is 2. The van der Waals surface area contributed by atoms with Gasteiger partial charge in [0.15, 0.2) is 5.78 Å². The zero-order valence-corrected chi connectivity index (χ0v) is 13.9. The predicted molar refractivity (Wildman–Crippen MR) is 98.7 cm³/mol. The number of rotatable bonds is 8. The summed E-state index contributed by atoms with van der Waals surface area (Å²) in [5, 5.41) is 0. The summed E-state index contributed by atoms with van der Waals surface area (Å²) >= 11 is 0. The zero-order valence-electron chi connectivity index (χ0n) is 13.9. The molecule has 4 heteroatoms. The van der Waals surface area contributed by atoms with E-state index < -0.39 is 0 Å². The lowest BCUT2D eigenvalue weighted by atomic mass is 10.1. The fraction of sp³-hybridized carbons (Fsp3) is 0.143. The van der Waals surface area contributed by atoms with Gasteiger partial charge in [-0.2, -0.15) is 0 Å². The van der Waals surface area contributed by atoms with Gasteiger partial charge in [0.1, 0.15) is 5.75 Å². The highest BCUT2D eigenvalue weighted by Gasteiger charge is 2.02. The second-order valence-corrected chi connectivity index (χ2v) is 5.65. The molecule has 0 atom stereocenters. The van der Waals surface area contributed by atoms with Gasteiger partial charge >= 0.3 is 0 Å². The summed E-state index contributed by atoms with van der Waals surface area (Å²) in [5.41, 5.74) is 2.69. The van der Waals surface area contributed by atoms with E-state index in [9.17, 15) is 4.79 Å². The lowest BCUT2D eigenvalue weighted by Gasteiger charge is -2.06. The van der Waals surface area contributed by atoms with E-state index in [2.05, 4.69) is 9.97 Å². The summed E-state index contributed by atoms with van der Waals surface area (Å²) < 4.78 is 5.70. The molecule has 4 nitrogen and oxygen atoms in total. The fourth-order valence-corrected chi connectivity index (χ4v) is 2.42. The highest BCUT2D eigenvalue weighted by Crippen LogP contribution is 2.14. The summed E-state index contributed by atoms with van der Waals surface area (Å²) in [7, 11) is 0. The zero-order chi connectivity index (χ0) is 17.3. The molecule has 1 aromatic heterocycles. The first-order valence-corrected chi connectivity index (χ1v) is 8.29. The number of hydrogen-bond acceptors (Lipinski definition) is 3. The van der Waals surface area contributed by atoms with Crippen LogP contribution in [0.5, 0.6) is 5.75 Å². The number of imidazole rings is 1. The third-order valence-electron chi connectivity index (χ3n) is 3.77. The predicted octanol–water partition coefficient (Wildman–Crippen LogP) is 4.32. The summed E-state index contributed by atoms with van der Waals surface area (Å²) in [5.74, 6) is 0.750. The third-order valence-corrected chi connectivity index (χ3v) is 3.77. The Morgan fingerprint density at radius 1 is 1.08 bits per heavy atom. The molecule has 3 aromatic rings. The van der Waals surface area contributed by atoms with Crippen LogP contribution in [0.15, 0.2) is 73.2 Å². The summed E-state index contributed by atoms with van der Waals surface area (Å²) in [6, 6.07) is 17.0. The smallest absolute Gasteiger partial charge is 0.185 e. The molecule has 0 aliphatic carbocycles. The molecule has 0 bridgehead atoms. The van der Waals surface area contributed by atoms with Crippen LogP contribution in [0.3, 0.4) is 0 Å². The minimum absolute atomic E-state index is 0.0195. The Balaban J connectivity index is 1.48. The Kier molecular flexibility index (Phi) is 5.77. The number of ether oxygens (including phenoxy) is 1. The van der Waals surface area contributed by atoms with E-state index in [1.165, 1.54) is 0 Å². The number of nitrogens with zero attached hydrogens (tertiary/aromatic N) is 1. The van der Waals surface area contributed by atoms with Crippen LogP contribution in [-0.4, -0.2) is 22.4 Å². The Morgan fingerprint density at radius 2 is 1.88 bits per heavy atom. The lowest BCUT2D eigenvalue weighted by molar-refractivity contribution is 0.104. The molecule has 1 heterocycles. The number of carbonyl (C=O) groups excluding carboxylic acids is 1. The van der Waals surface area contributed by atoms with Gasteiger partial charge in [-0.3, -0.25) is 4.79 Å². The van der Waals surface area contributed by atoms with Gasteiger partial charge in [0, 0.05) is 11.8 Å². The number of aryl methyl sites for hydroxylation is 1. The first kappa shape index (κ1) is 16.7. The molecule has 1 N–H and O–H groups in total. The number of ketones is 1. The van der Waals surface area contributed by atoms with Crippen LogP contribution in [0.25, 0.3) is 6.08 Å². The maximum absolute atomic E-state index is 12.2. The maximum Gasteiger partial charge on any atom is 0.185 e. The van der Waals surface area contributed by atoms with E-state index in [0.717, 1.165) is 29.8 Å². The van der Waals surface area contributed by atoms with Crippen molar-refractivity contribution in [2.45, 2.75) is 12.8 Å². The largest absolute Gasteiger partial charge is 0.494 e. The van der Waals surface area contributed by atoms with Crippen molar-refractivity contribution in [1.82, 2.24) is 9.97 Å². The van der Waals surface area contributed by atoms with Crippen LogP contribution in [0, 0.1) is 0 Å². The average molecular weight is 332 g/mol. The van der Waals surface area contributed by atoms with Gasteiger partial charge in [-0.05, 0) is 48.7 Å². The molecule has 0 saturated heterocycles. The normalized spacial score (nSPS) is 10.9. The van der Waals surface area contributed by atoms with Crippen LogP contribution in [-0.2, 0) is 6.42 Å². The molecular formula is C21H20N2O2. The fourth-order valence-electron chi connectivity index (χ4n) is 2.42. The van der Waals surface area contributed by atoms with Crippen LogP contribution in [0.4, 0.5) is 0 Å². The second kappa shape index (κ2) is 8.64. The monoisotopic (exact) mass is 332 g/mol. The molecule has 0 aliphatic rings. The highest BCUT2D eigenvalue weighted by atomic mass is 16.5. The number of hydrogen-bond donors (Lipinski definition) is 1. The van der Waals surface area contributed by atoms with Gasteiger partial charge in [-0.15, -0.1) is 0 Å². The van der Waals surface area contributed by atoms with Crippen LogP contribution < -0.4 is 4.74 Å². The lowest BCUT2D eigenvalue weighted by Crippen LogP contribution is -2.00. The van der Waals surface area contributed by atoms with E-state index >= 15 is 0 Å². The topological polar surface area (TPSA) is 55.0 Å². The van der Waals surface area contributed by atoms with Gasteiger partial charge in [0.05, 0.1) is 18.6 Å². The van der Waals surface area contributed by atoms with E-state index in [0.29, 0.717) is 12.2 Å². The van der Waals surface area contributed by atoms with Gasteiger partial charge < -0.3 is 9.72 Å². The van der Waals surface area contributed by atoms with Gasteiger partial charge in [0.2, 0.25) is 0 Å². The minimum atomic E-state index is -0.0195. The van der Waals surface area contributed by atoms with Gasteiger partial charge in [0.25, 0.3) is 0 Å². The SMILES string of the molecule is O=C(C=Cc1ccccc1)c1ccc(OCCCc2c[nH]cn2)cc1. The van der Waals surface area contributed by atoms with E-state index in [1.807, 2.05) is 54.7 Å². The number of aromatic amines is 1. The van der Waals surface area contributed by atoms with Crippen molar-refractivity contribution >= 4 is 11.9 Å². The van der Waals surface area contributed by atoms with Gasteiger partial charge in [-0.25, -0.2) is 4.98 Å². The molecule has 3 rings (SSSR count). The minimum Gasteiger partial charge on any atom is -0.494 e. The Morgan fingerprint density at radius 3 is 2.60 bits per heavy atom. The van der Waals surface area contributed by atoms with E-state index in [1.54, 1.807) is 24.5 Å². The second-order valence-electron chi connectivity index (χ2n) is 5.65. The number of H-pyrrole nitrogens is 1. The molecule has 0 amide bonds. The first-order chi connectivity index (χ1) is 12.3. The van der Waals surface area contributed by atoms with Crippen molar-refractivity contribution in [2.24, 2.45) is 0 Å². The molecule has 0 saturated carbocycles. The van der Waals surface area contributed by atoms with E-state index in [4.69, 9.17) is 4.74 Å². The van der Waals surface area contributed by atoms with Crippen molar-refractivity contribution < 1.29 is 9.53 Å². The molecule has 2 aromatic carbocycles. The van der Waals surface area contributed by atoms with Crippen LogP contribution >= 0.6 is 0 Å². The average Bonchev–Trinajstić information content (AvgIpc) is 3.18. The first-order valence-electron chi connectivity index (χ1n) is 8.29. The summed E-state index contributed by atoms with van der Waals surface area (Å²) in [6.07, 6.45) is 8.76. The number of allylic oxidation sites excluding steroid dienone is 1. The molecular weight excluding hydrogens is 312 g/mol. The highest BCUT2D eigenvalue weighted by molar-refractivity contribution is 6.06. The molecule has 0 radical (unpaired) electrons. The Bertz CT molecular complexity index is 807. The standard InChI is InChI=1S/C21H20N2O2/c24-21(13-8-17-5-2-1-3-6-17)18-9-11-20(12-10-18)25-14-4-7-19-15-22-16-23-19/h1-3,5-6,8-13,15-16H,4,7,14H2,(H,22,23).